The maximum Gasteiger partial charge on any atom is 0.234 e. The molecule has 1 aliphatic rings. The third-order valence-electron chi connectivity index (χ3n) is 3.75. The molecule has 1 fully saturated rings. The van der Waals surface area contributed by atoms with E-state index in [1.807, 2.05) is 37.3 Å². The summed E-state index contributed by atoms with van der Waals surface area (Å²) in [5.41, 5.74) is 0.936. The first kappa shape index (κ1) is 13.6. The van der Waals surface area contributed by atoms with Gasteiger partial charge in [0.15, 0.2) is 0 Å². The molecule has 0 aliphatic carbocycles. The van der Waals surface area contributed by atoms with Crippen molar-refractivity contribution in [2.45, 2.75) is 19.0 Å². The minimum atomic E-state index is -1.94. The number of rotatable bonds is 2. The van der Waals surface area contributed by atoms with Gasteiger partial charge in [0.05, 0.1) is 11.7 Å². The molecule has 2 N–H and O–H groups in total. The van der Waals surface area contributed by atoms with E-state index in [4.69, 9.17) is 0 Å². The topological polar surface area (TPSA) is 65.5 Å². The summed E-state index contributed by atoms with van der Waals surface area (Å²) in [6.45, 7) is 3.08. The molecule has 0 saturated carbocycles. The van der Waals surface area contributed by atoms with Crippen molar-refractivity contribution in [3.63, 3.8) is 0 Å². The van der Waals surface area contributed by atoms with E-state index in [-0.39, 0.29) is 12.1 Å². The van der Waals surface area contributed by atoms with Crippen LogP contribution in [-0.2, 0) is 11.3 Å². The fraction of sp³-hybridized carbons (Fsp3) is 0.357. The first-order chi connectivity index (χ1) is 9.66. The van der Waals surface area contributed by atoms with Gasteiger partial charge in [-0.05, 0) is 18.4 Å². The predicted octanol–water partition coefficient (Wildman–Crippen LogP) is 1.71. The molecule has 0 bridgehead atoms. The number of pyridine rings is 1. The average Bonchev–Trinajstić information content (AvgIpc) is 2.47. The SMILES string of the molecule is CC1CNC(c2nccc3ccccc23)CN1S(=O)O. The molecule has 5 nitrogen and oxygen atoms in total. The zero-order valence-corrected chi connectivity index (χ0v) is 12.0. The Kier molecular flexibility index (Phi) is 3.80. The molecule has 2 aromatic rings. The van der Waals surface area contributed by atoms with Crippen molar-refractivity contribution in [2.75, 3.05) is 13.1 Å². The number of piperazine rings is 1. The average molecular weight is 291 g/mol. The van der Waals surface area contributed by atoms with E-state index in [0.717, 1.165) is 16.5 Å². The second-order valence-corrected chi connectivity index (χ2v) is 5.99. The lowest BCUT2D eigenvalue weighted by Crippen LogP contribution is -2.51. The number of fused-ring (bicyclic) bond motifs is 1. The molecule has 20 heavy (non-hydrogen) atoms. The van der Waals surface area contributed by atoms with Crippen molar-refractivity contribution in [3.8, 4) is 0 Å². The Morgan fingerprint density at radius 1 is 1.40 bits per heavy atom. The van der Waals surface area contributed by atoms with Gasteiger partial charge in [0.1, 0.15) is 0 Å². The van der Waals surface area contributed by atoms with Crippen LogP contribution in [-0.4, -0.2) is 37.2 Å². The highest BCUT2D eigenvalue weighted by Gasteiger charge is 2.30. The number of hydrogen-bond donors (Lipinski definition) is 2. The highest BCUT2D eigenvalue weighted by Crippen LogP contribution is 2.25. The smallest absolute Gasteiger partial charge is 0.234 e. The molecular formula is C14H17N3O2S. The maximum atomic E-state index is 11.4. The van der Waals surface area contributed by atoms with Crippen LogP contribution in [0.3, 0.4) is 0 Å². The number of nitrogens with one attached hydrogen (secondary N) is 1. The van der Waals surface area contributed by atoms with Crippen LogP contribution in [0.25, 0.3) is 10.8 Å². The number of aromatic nitrogens is 1. The fourth-order valence-electron chi connectivity index (χ4n) is 2.66. The second-order valence-electron chi connectivity index (χ2n) is 5.06. The van der Waals surface area contributed by atoms with Crippen LogP contribution in [0.2, 0.25) is 0 Å². The third kappa shape index (κ3) is 2.47. The Balaban J connectivity index is 1.97. The van der Waals surface area contributed by atoms with E-state index in [0.29, 0.717) is 13.1 Å². The summed E-state index contributed by atoms with van der Waals surface area (Å²) in [4.78, 5) is 4.48. The number of benzene rings is 1. The molecule has 3 unspecified atom stereocenters. The lowest BCUT2D eigenvalue weighted by molar-refractivity contribution is 0.232. The fourth-order valence-corrected chi connectivity index (χ4v) is 3.32. The Morgan fingerprint density at radius 3 is 3.00 bits per heavy atom. The van der Waals surface area contributed by atoms with Crippen molar-refractivity contribution < 1.29 is 8.76 Å². The van der Waals surface area contributed by atoms with Crippen LogP contribution in [0.15, 0.2) is 36.5 Å². The zero-order chi connectivity index (χ0) is 14.1. The van der Waals surface area contributed by atoms with Crippen LogP contribution >= 0.6 is 0 Å². The van der Waals surface area contributed by atoms with Gasteiger partial charge >= 0.3 is 0 Å². The van der Waals surface area contributed by atoms with Crippen molar-refractivity contribution in [1.82, 2.24) is 14.6 Å². The molecule has 1 aliphatic heterocycles. The molecule has 0 radical (unpaired) electrons. The zero-order valence-electron chi connectivity index (χ0n) is 11.2. The molecule has 3 atom stereocenters. The van der Waals surface area contributed by atoms with Crippen LogP contribution in [0.1, 0.15) is 18.7 Å². The second kappa shape index (κ2) is 5.57. The van der Waals surface area contributed by atoms with Gasteiger partial charge in [-0.25, -0.2) is 4.21 Å². The van der Waals surface area contributed by atoms with Crippen molar-refractivity contribution in [2.24, 2.45) is 0 Å². The molecule has 1 saturated heterocycles. The van der Waals surface area contributed by atoms with E-state index < -0.39 is 11.3 Å². The summed E-state index contributed by atoms with van der Waals surface area (Å²) in [7, 11) is 0. The first-order valence-corrected chi connectivity index (χ1v) is 7.68. The van der Waals surface area contributed by atoms with Gasteiger partial charge in [-0.2, -0.15) is 4.31 Å². The molecule has 3 rings (SSSR count). The van der Waals surface area contributed by atoms with Crippen molar-refractivity contribution in [3.05, 3.63) is 42.2 Å². The van der Waals surface area contributed by atoms with E-state index in [2.05, 4.69) is 10.3 Å². The van der Waals surface area contributed by atoms with Crippen LogP contribution in [0.4, 0.5) is 0 Å². The van der Waals surface area contributed by atoms with Gasteiger partial charge in [-0.1, -0.05) is 24.3 Å². The first-order valence-electron chi connectivity index (χ1n) is 6.61. The van der Waals surface area contributed by atoms with Crippen molar-refractivity contribution >= 4 is 22.0 Å². The molecule has 2 heterocycles. The molecule has 1 aromatic heterocycles. The Bertz CT molecular complexity index is 644. The normalized spacial score (nSPS) is 25.7. The third-order valence-corrected chi connectivity index (χ3v) is 4.66. The molecule has 0 amide bonds. The Labute approximate surface area is 120 Å². The largest absolute Gasteiger partial charge is 0.306 e. The van der Waals surface area contributed by atoms with Crippen LogP contribution in [0, 0.1) is 0 Å². The van der Waals surface area contributed by atoms with E-state index in [9.17, 15) is 8.76 Å². The molecule has 6 heteroatoms. The molecule has 1 aromatic carbocycles. The quantitative estimate of drug-likeness (QED) is 0.827. The highest BCUT2D eigenvalue weighted by atomic mass is 32.2. The van der Waals surface area contributed by atoms with E-state index >= 15 is 0 Å². The molecular weight excluding hydrogens is 274 g/mol. The summed E-state index contributed by atoms with van der Waals surface area (Å²) in [5, 5.41) is 5.63. The predicted molar refractivity (Wildman–Crippen MR) is 79.4 cm³/mol. The standard InChI is InChI=1S/C14H17N3O2S/c1-10-8-16-13(9-17(10)20(18)19)14-12-5-3-2-4-11(12)6-7-15-14/h2-7,10,13,16H,8-9H2,1H3,(H,18,19). The van der Waals surface area contributed by atoms with Crippen molar-refractivity contribution in [1.29, 1.82) is 0 Å². The van der Waals surface area contributed by atoms with Gasteiger partial charge in [-0.15, -0.1) is 0 Å². The van der Waals surface area contributed by atoms with Gasteiger partial charge < -0.3 is 5.32 Å². The maximum absolute atomic E-state index is 11.4. The summed E-state index contributed by atoms with van der Waals surface area (Å²) >= 11 is -1.94. The van der Waals surface area contributed by atoms with Gasteiger partial charge in [0.2, 0.25) is 11.3 Å². The minimum absolute atomic E-state index is 0.0339. The van der Waals surface area contributed by atoms with Crippen LogP contribution < -0.4 is 5.32 Å². The van der Waals surface area contributed by atoms with Gasteiger partial charge in [-0.3, -0.25) is 9.54 Å². The monoisotopic (exact) mass is 291 g/mol. The Hall–Kier alpha value is -1.34. The Morgan fingerprint density at radius 2 is 2.20 bits per heavy atom. The van der Waals surface area contributed by atoms with E-state index in [1.54, 1.807) is 10.5 Å². The van der Waals surface area contributed by atoms with Gasteiger partial charge in [0.25, 0.3) is 0 Å². The number of hydrogen-bond acceptors (Lipinski definition) is 3. The molecule has 106 valence electrons. The van der Waals surface area contributed by atoms with Crippen LogP contribution in [0.5, 0.6) is 0 Å². The van der Waals surface area contributed by atoms with E-state index in [1.165, 1.54) is 0 Å². The lowest BCUT2D eigenvalue weighted by Gasteiger charge is -2.35. The summed E-state index contributed by atoms with van der Waals surface area (Å²) < 4.78 is 22.4. The minimum Gasteiger partial charge on any atom is -0.306 e. The highest BCUT2D eigenvalue weighted by molar-refractivity contribution is 7.76. The summed E-state index contributed by atoms with van der Waals surface area (Å²) in [6.07, 6.45) is 1.79. The lowest BCUT2D eigenvalue weighted by atomic mass is 10.0. The number of nitrogens with zero attached hydrogens (tertiary/aromatic N) is 2. The summed E-state index contributed by atoms with van der Waals surface area (Å²) in [6, 6.07) is 10.1. The summed E-state index contributed by atoms with van der Waals surface area (Å²) in [5.74, 6) is 0. The molecule has 0 spiro atoms. The van der Waals surface area contributed by atoms with Gasteiger partial charge in [0, 0.05) is 30.7 Å².